The highest BCUT2D eigenvalue weighted by Crippen LogP contribution is 2.27. The molecule has 0 radical (unpaired) electrons. The Kier molecular flexibility index (Phi) is 6.04. The van der Waals surface area contributed by atoms with E-state index in [4.69, 9.17) is 0 Å². The third-order valence-corrected chi connectivity index (χ3v) is 5.21. The lowest BCUT2D eigenvalue weighted by Gasteiger charge is -2.18. The largest absolute Gasteiger partial charge is 0.383 e. The first-order chi connectivity index (χ1) is 13.9. The molecule has 29 heavy (non-hydrogen) atoms. The molecule has 0 fully saturated rings. The highest BCUT2D eigenvalue weighted by molar-refractivity contribution is 7.07. The number of hydrogen-bond acceptors (Lipinski definition) is 6. The molecule has 0 aliphatic heterocycles. The van der Waals surface area contributed by atoms with Gasteiger partial charge >= 0.3 is 0 Å². The van der Waals surface area contributed by atoms with Crippen LogP contribution in [-0.4, -0.2) is 35.6 Å². The van der Waals surface area contributed by atoms with E-state index >= 15 is 0 Å². The summed E-state index contributed by atoms with van der Waals surface area (Å²) in [5.74, 6) is -0.731. The van der Waals surface area contributed by atoms with Crippen molar-refractivity contribution in [3.8, 4) is 0 Å². The molecular formula is C21H19N3O4S. The lowest BCUT2D eigenvalue weighted by molar-refractivity contribution is -0.384. The SMILES string of the molecule is CNc1ccc(C(=O)c2ccccc2C(=O)N(C)Cc2ccsc2)cc1[N+](=O)[O-]. The van der Waals surface area contributed by atoms with Crippen molar-refractivity contribution in [3.63, 3.8) is 0 Å². The Labute approximate surface area is 171 Å². The fraction of sp³-hybridized carbons (Fsp3) is 0.143. The van der Waals surface area contributed by atoms with Crippen molar-refractivity contribution in [2.45, 2.75) is 6.54 Å². The van der Waals surface area contributed by atoms with Crippen LogP contribution in [0.15, 0.2) is 59.3 Å². The van der Waals surface area contributed by atoms with Gasteiger partial charge in [0, 0.05) is 37.8 Å². The molecule has 0 unspecified atom stereocenters. The predicted octanol–water partition coefficient (Wildman–Crippen LogP) is 4.20. The highest BCUT2D eigenvalue weighted by atomic mass is 32.1. The molecule has 2 aromatic carbocycles. The van der Waals surface area contributed by atoms with Gasteiger partial charge in [-0.1, -0.05) is 18.2 Å². The van der Waals surface area contributed by atoms with Crippen LogP contribution in [-0.2, 0) is 6.54 Å². The molecule has 3 aromatic rings. The van der Waals surface area contributed by atoms with E-state index in [1.165, 1.54) is 18.2 Å². The topological polar surface area (TPSA) is 92.6 Å². The van der Waals surface area contributed by atoms with Crippen molar-refractivity contribution >= 4 is 34.4 Å². The smallest absolute Gasteiger partial charge is 0.293 e. The second-order valence-electron chi connectivity index (χ2n) is 6.41. The Morgan fingerprint density at radius 1 is 1.14 bits per heavy atom. The van der Waals surface area contributed by atoms with E-state index in [0.717, 1.165) is 5.56 Å². The van der Waals surface area contributed by atoms with E-state index in [1.54, 1.807) is 54.6 Å². The number of amides is 1. The molecule has 148 valence electrons. The molecule has 3 rings (SSSR count). The van der Waals surface area contributed by atoms with E-state index in [2.05, 4.69) is 5.32 Å². The fourth-order valence-corrected chi connectivity index (χ4v) is 3.65. The normalized spacial score (nSPS) is 10.4. The minimum Gasteiger partial charge on any atom is -0.383 e. The van der Waals surface area contributed by atoms with Crippen LogP contribution in [0.1, 0.15) is 31.8 Å². The number of rotatable bonds is 7. The molecule has 1 aromatic heterocycles. The van der Waals surface area contributed by atoms with Gasteiger partial charge < -0.3 is 10.2 Å². The van der Waals surface area contributed by atoms with Crippen molar-refractivity contribution in [2.24, 2.45) is 0 Å². The van der Waals surface area contributed by atoms with E-state index in [0.29, 0.717) is 12.2 Å². The summed E-state index contributed by atoms with van der Waals surface area (Å²) in [4.78, 5) is 38.3. The van der Waals surface area contributed by atoms with Gasteiger partial charge in [0.15, 0.2) is 5.78 Å². The average molecular weight is 409 g/mol. The maximum Gasteiger partial charge on any atom is 0.293 e. The molecule has 1 amide bonds. The molecular weight excluding hydrogens is 390 g/mol. The summed E-state index contributed by atoms with van der Waals surface area (Å²) in [5, 5.41) is 17.9. The number of carbonyl (C=O) groups excluding carboxylic acids is 2. The van der Waals surface area contributed by atoms with Gasteiger partial charge in [0.2, 0.25) is 0 Å². The minimum absolute atomic E-state index is 0.149. The number of nitrogens with one attached hydrogen (secondary N) is 1. The van der Waals surface area contributed by atoms with Gasteiger partial charge in [-0.2, -0.15) is 11.3 Å². The summed E-state index contributed by atoms with van der Waals surface area (Å²) in [5.41, 5.74) is 1.74. The molecule has 0 spiro atoms. The van der Waals surface area contributed by atoms with Crippen molar-refractivity contribution in [2.75, 3.05) is 19.4 Å². The van der Waals surface area contributed by atoms with Crippen LogP contribution >= 0.6 is 11.3 Å². The molecule has 1 N–H and O–H groups in total. The maximum absolute atomic E-state index is 13.1. The summed E-state index contributed by atoms with van der Waals surface area (Å²) in [6.07, 6.45) is 0. The van der Waals surface area contributed by atoms with Crippen molar-refractivity contribution in [3.05, 3.63) is 91.7 Å². The molecule has 7 nitrogen and oxygen atoms in total. The third-order valence-electron chi connectivity index (χ3n) is 4.47. The number of ketones is 1. The summed E-state index contributed by atoms with van der Waals surface area (Å²) in [6.45, 7) is 0.424. The molecule has 0 saturated heterocycles. The van der Waals surface area contributed by atoms with Crippen LogP contribution in [0.3, 0.4) is 0 Å². The lowest BCUT2D eigenvalue weighted by atomic mass is 9.97. The Hall–Kier alpha value is -3.52. The van der Waals surface area contributed by atoms with Gasteiger partial charge in [-0.3, -0.25) is 19.7 Å². The number of hydrogen-bond donors (Lipinski definition) is 1. The predicted molar refractivity (Wildman–Crippen MR) is 113 cm³/mol. The number of anilines is 1. The molecule has 0 atom stereocenters. The van der Waals surface area contributed by atoms with Crippen LogP contribution in [0.25, 0.3) is 0 Å². The Morgan fingerprint density at radius 2 is 1.86 bits per heavy atom. The Bertz CT molecular complexity index is 1060. The summed E-state index contributed by atoms with van der Waals surface area (Å²) in [6, 6.07) is 12.7. The molecule has 0 saturated carbocycles. The van der Waals surface area contributed by atoms with Crippen molar-refractivity contribution in [1.29, 1.82) is 0 Å². The fourth-order valence-electron chi connectivity index (χ4n) is 2.99. The monoisotopic (exact) mass is 409 g/mol. The maximum atomic E-state index is 13.1. The summed E-state index contributed by atoms with van der Waals surface area (Å²) in [7, 11) is 3.24. The summed E-state index contributed by atoms with van der Waals surface area (Å²) < 4.78 is 0. The van der Waals surface area contributed by atoms with Crippen LogP contribution in [0.4, 0.5) is 11.4 Å². The average Bonchev–Trinajstić information content (AvgIpc) is 3.25. The standard InChI is InChI=1S/C21H19N3O4S/c1-22-18-8-7-15(11-19(18)24(27)28)20(25)16-5-3-4-6-17(16)21(26)23(2)12-14-9-10-29-13-14/h3-11,13,22H,12H2,1-2H3. The van der Waals surface area contributed by atoms with E-state index in [-0.39, 0.29) is 28.3 Å². The zero-order chi connectivity index (χ0) is 21.0. The van der Waals surface area contributed by atoms with E-state index < -0.39 is 10.7 Å². The molecule has 0 bridgehead atoms. The zero-order valence-electron chi connectivity index (χ0n) is 15.9. The first-order valence-electron chi connectivity index (χ1n) is 8.79. The minimum atomic E-state index is -0.547. The lowest BCUT2D eigenvalue weighted by Crippen LogP contribution is -2.27. The van der Waals surface area contributed by atoms with Gasteiger partial charge in [0.1, 0.15) is 5.69 Å². The van der Waals surface area contributed by atoms with Crippen molar-refractivity contribution in [1.82, 2.24) is 4.90 Å². The van der Waals surface area contributed by atoms with E-state index in [9.17, 15) is 19.7 Å². The molecule has 1 heterocycles. The van der Waals surface area contributed by atoms with E-state index in [1.807, 2.05) is 16.8 Å². The Morgan fingerprint density at radius 3 is 2.48 bits per heavy atom. The number of benzene rings is 2. The van der Waals surface area contributed by atoms with Gasteiger partial charge in [0.25, 0.3) is 11.6 Å². The first kappa shape index (κ1) is 20.2. The van der Waals surface area contributed by atoms with Crippen LogP contribution in [0.5, 0.6) is 0 Å². The van der Waals surface area contributed by atoms with Crippen LogP contribution in [0.2, 0.25) is 0 Å². The molecule has 0 aliphatic rings. The van der Waals surface area contributed by atoms with Crippen LogP contribution in [0, 0.1) is 10.1 Å². The zero-order valence-corrected chi connectivity index (χ0v) is 16.7. The molecule has 0 aliphatic carbocycles. The van der Waals surface area contributed by atoms with Gasteiger partial charge in [-0.05, 0) is 40.6 Å². The number of nitro groups is 1. The number of nitro benzene ring substituents is 1. The van der Waals surface area contributed by atoms with Gasteiger partial charge in [0.05, 0.1) is 10.5 Å². The number of nitrogens with zero attached hydrogens (tertiary/aromatic N) is 2. The second kappa shape index (κ2) is 8.66. The number of thiophene rings is 1. The highest BCUT2D eigenvalue weighted by Gasteiger charge is 2.23. The van der Waals surface area contributed by atoms with Gasteiger partial charge in [-0.15, -0.1) is 0 Å². The Balaban J connectivity index is 1.94. The van der Waals surface area contributed by atoms with Crippen LogP contribution < -0.4 is 5.32 Å². The van der Waals surface area contributed by atoms with Crippen molar-refractivity contribution < 1.29 is 14.5 Å². The quantitative estimate of drug-likeness (QED) is 0.359. The summed E-state index contributed by atoms with van der Waals surface area (Å²) >= 11 is 1.55. The first-order valence-corrected chi connectivity index (χ1v) is 9.73. The third kappa shape index (κ3) is 4.33. The number of carbonyl (C=O) groups is 2. The second-order valence-corrected chi connectivity index (χ2v) is 7.19. The van der Waals surface area contributed by atoms with Gasteiger partial charge in [-0.25, -0.2) is 0 Å². The molecule has 8 heteroatoms.